The Hall–Kier alpha value is -3.94. The quantitative estimate of drug-likeness (QED) is 0.0912. The lowest BCUT2D eigenvalue weighted by atomic mass is 9.74. The summed E-state index contributed by atoms with van der Waals surface area (Å²) in [5.74, 6) is -7.39. The predicted octanol–water partition coefficient (Wildman–Crippen LogP) is 5.64. The number of alkyl carbamates (subject to hydrolysis) is 1. The lowest BCUT2D eigenvalue weighted by Crippen LogP contribution is -2.59. The van der Waals surface area contributed by atoms with Crippen LogP contribution in [0.2, 0.25) is 0 Å². The number of aliphatic hydroxyl groups excluding tert-OH is 2. The van der Waals surface area contributed by atoms with Crippen LogP contribution in [0.15, 0.2) is 29.7 Å². The van der Waals surface area contributed by atoms with E-state index in [-0.39, 0.29) is 56.2 Å². The van der Waals surface area contributed by atoms with Crippen molar-refractivity contribution in [2.45, 2.75) is 220 Å². The number of cyclic esters (lactones) is 1. The number of pyridine rings is 1. The largest absolute Gasteiger partial charge is 0.461 e. The van der Waals surface area contributed by atoms with Gasteiger partial charge in [0.25, 0.3) is 0 Å². The number of oxime groups is 1. The number of likely N-dealkylation sites (N-methyl/N-ethyl adjacent to an activating group) is 1. The van der Waals surface area contributed by atoms with E-state index in [1.807, 2.05) is 60.7 Å². The average Bonchev–Trinajstić information content (AvgIpc) is 3.64. The minimum Gasteiger partial charge on any atom is -0.461 e. The van der Waals surface area contributed by atoms with Gasteiger partial charge in [-0.25, -0.2) is 4.79 Å². The van der Waals surface area contributed by atoms with Gasteiger partial charge < -0.3 is 77.4 Å². The van der Waals surface area contributed by atoms with Crippen LogP contribution in [-0.4, -0.2) is 195 Å². The minimum atomic E-state index is -1.95. The van der Waals surface area contributed by atoms with Crippen molar-refractivity contribution in [3.8, 4) is 0 Å². The number of Topliss-reactive ketones (excluding diaryl/α,β-unsaturated/α-hetero) is 1. The normalized spacial score (nSPS) is 39.1. The number of rotatable bonds is 18. The molecule has 1 aromatic rings. The fraction of sp³-hybridized carbons (Fsp3) is 0.828. The molecule has 3 N–H and O–H groups in total. The topological polar surface area (TPSA) is 260 Å². The van der Waals surface area contributed by atoms with Gasteiger partial charge in [0, 0.05) is 82.8 Å². The molecule has 22 nitrogen and oxygen atoms in total. The molecule has 0 saturated carbocycles. The Bertz CT molecular complexity index is 2140. The fourth-order valence-corrected chi connectivity index (χ4v) is 11.9. The zero-order valence-electron chi connectivity index (χ0n) is 50.4. The molecular weight excluding hydrogens is 1040 g/mol. The van der Waals surface area contributed by atoms with E-state index in [4.69, 9.17) is 56.9 Å². The molecule has 0 aliphatic carbocycles. The highest BCUT2D eigenvalue weighted by Gasteiger charge is 2.53. The minimum absolute atomic E-state index is 0.00773. The predicted molar refractivity (Wildman–Crippen MR) is 293 cm³/mol. The van der Waals surface area contributed by atoms with Crippen molar-refractivity contribution >= 4 is 29.5 Å². The first-order valence-corrected chi connectivity index (χ1v) is 28.6. The van der Waals surface area contributed by atoms with Gasteiger partial charge in [0.2, 0.25) is 0 Å². The van der Waals surface area contributed by atoms with Crippen LogP contribution >= 0.6 is 0 Å². The summed E-state index contributed by atoms with van der Waals surface area (Å²) in [6, 6.07) is 3.68. The fourth-order valence-electron chi connectivity index (χ4n) is 11.9. The van der Waals surface area contributed by atoms with Gasteiger partial charge >= 0.3 is 18.0 Å². The summed E-state index contributed by atoms with van der Waals surface area (Å²) in [6.45, 7) is 24.0. The van der Waals surface area contributed by atoms with Gasteiger partial charge in [0.1, 0.15) is 43.7 Å². The smallest absolute Gasteiger partial charge is 0.408 e. The van der Waals surface area contributed by atoms with Crippen LogP contribution in [0.1, 0.15) is 121 Å². The molecule has 4 aliphatic heterocycles. The molecule has 80 heavy (non-hydrogen) atoms. The third kappa shape index (κ3) is 17.6. The Morgan fingerprint density at radius 2 is 1.52 bits per heavy atom. The molecule has 22 atom stereocenters. The monoisotopic (exact) mass is 1140 g/mol. The van der Waals surface area contributed by atoms with E-state index in [2.05, 4.69) is 27.3 Å². The number of nitrogens with zero attached hydrogens (tertiary/aromatic N) is 3. The van der Waals surface area contributed by atoms with E-state index < -0.39 is 145 Å². The molecule has 5 heterocycles. The number of hydrogen-bond donors (Lipinski definition) is 3. The van der Waals surface area contributed by atoms with E-state index in [1.165, 1.54) is 28.3 Å². The highest BCUT2D eigenvalue weighted by atomic mass is 16.7. The summed E-state index contributed by atoms with van der Waals surface area (Å²) in [5.41, 5.74) is -0.748. The van der Waals surface area contributed by atoms with Crippen molar-refractivity contribution in [2.24, 2.45) is 46.6 Å². The number of ketones is 1. The Morgan fingerprint density at radius 1 is 0.850 bits per heavy atom. The number of aromatic nitrogens is 1. The molecule has 4 saturated heterocycles. The summed E-state index contributed by atoms with van der Waals surface area (Å²) in [7, 11) is 6.30. The lowest BCUT2D eigenvalue weighted by molar-refractivity contribution is -0.305. The second-order valence-electron chi connectivity index (χ2n) is 23.7. The molecule has 0 aromatic carbocycles. The molecule has 0 bridgehead atoms. The Balaban J connectivity index is 1.69. The van der Waals surface area contributed by atoms with E-state index in [0.29, 0.717) is 19.4 Å². The molecule has 4 aliphatic rings. The Morgan fingerprint density at radius 3 is 2.16 bits per heavy atom. The summed E-state index contributed by atoms with van der Waals surface area (Å²) in [4.78, 5) is 70.9. The number of amides is 1. The molecule has 1 amide bonds. The first-order chi connectivity index (χ1) is 37.7. The molecule has 0 spiro atoms. The van der Waals surface area contributed by atoms with Crippen molar-refractivity contribution in [2.75, 3.05) is 48.1 Å². The number of esters is 2. The first kappa shape index (κ1) is 66.9. The first-order valence-electron chi connectivity index (χ1n) is 28.6. The van der Waals surface area contributed by atoms with Crippen LogP contribution in [0, 0.1) is 41.4 Å². The molecule has 1 aromatic heterocycles. The van der Waals surface area contributed by atoms with Crippen LogP contribution in [-0.2, 0) is 77.7 Å². The molecular formula is C58H96N4O18. The Kier molecular flexibility index (Phi) is 25.5. The zero-order chi connectivity index (χ0) is 59.3. The number of nitrogens with one attached hydrogen (secondary N) is 1. The lowest BCUT2D eigenvalue weighted by Gasteiger charge is -2.45. The molecule has 5 rings (SSSR count). The molecule has 0 radical (unpaired) electrons. The SMILES string of the molecule is CON=C1C[C@@H](C)O[C@@H](OC2C(C)CC(C)(OC(=O)NCCc3ccncc3)C(=O)C(C)C(OC(=O)CC(C)C)C(C)C(C(C)CO[C@@H]3O[C@H](C)[C@@H](O)[C@@H](OC)[C@H]3OC)OC(=O)C(C)C(O[C@H]3C[C@H](C)N(C)C[C@H](C)O3)C2C)[C@@H]1O. The average molecular weight is 1140 g/mol. The van der Waals surface area contributed by atoms with Crippen molar-refractivity contribution < 1.29 is 86.3 Å². The molecule has 11 unspecified atom stereocenters. The van der Waals surface area contributed by atoms with E-state index in [1.54, 1.807) is 47.0 Å². The Labute approximate surface area is 474 Å². The van der Waals surface area contributed by atoms with Gasteiger partial charge in [-0.15, -0.1) is 0 Å². The third-order valence-corrected chi connectivity index (χ3v) is 16.4. The highest BCUT2D eigenvalue weighted by Crippen LogP contribution is 2.40. The van der Waals surface area contributed by atoms with Gasteiger partial charge in [-0.2, -0.15) is 0 Å². The van der Waals surface area contributed by atoms with Gasteiger partial charge in [0.05, 0.1) is 54.7 Å². The van der Waals surface area contributed by atoms with Gasteiger partial charge in [-0.05, 0) is 91.0 Å². The van der Waals surface area contributed by atoms with Crippen molar-refractivity contribution in [1.29, 1.82) is 0 Å². The summed E-state index contributed by atoms with van der Waals surface area (Å²) in [5, 5.41) is 29.7. The summed E-state index contributed by atoms with van der Waals surface area (Å²) in [6.07, 6.45) is -9.76. The number of carbonyl (C=O) groups is 4. The maximum atomic E-state index is 15.8. The maximum Gasteiger partial charge on any atom is 0.408 e. The standard InChI is InChI=1S/C58H96N4O18/c1-30(2)24-43(63)76-49-37(9)48(32(4)29-72-56-52(70-16)51(69-15)45(64)40(12)75-56)78-54(67)39(11)50(77-44-25-33(5)62(14)28-35(7)73-44)36(8)47(79-55-46(65)42(61-71-17)26-34(6)74-55)31(3)27-58(13,53(66)38(49)10)80-57(68)60-23-20-41-18-21-59-22-19-41/h18-19,21-22,30-40,44-52,55-56,64-65H,20,23-29H2,1-17H3,(H,60,68)/t31?,32?,33-,34+,35-,36?,37?,38?,39?,40+,44-,45+,46+,47?,48?,49?,50?,51+,52+,55-,56+,58?/m0/s1. The second kappa shape index (κ2) is 30.6. The van der Waals surface area contributed by atoms with Crippen molar-refractivity contribution in [1.82, 2.24) is 15.2 Å². The van der Waals surface area contributed by atoms with E-state index in [9.17, 15) is 19.8 Å². The number of aliphatic hydroxyl groups is 2. The summed E-state index contributed by atoms with van der Waals surface area (Å²) < 4.78 is 70.4. The molecule has 456 valence electrons. The van der Waals surface area contributed by atoms with Gasteiger partial charge in [-0.3, -0.25) is 19.4 Å². The van der Waals surface area contributed by atoms with Crippen molar-refractivity contribution in [3.05, 3.63) is 30.1 Å². The highest BCUT2D eigenvalue weighted by molar-refractivity contribution is 5.91. The number of ether oxygens (including phenoxy) is 11. The maximum absolute atomic E-state index is 15.8. The number of carbonyl (C=O) groups excluding carboxylic acids is 4. The second-order valence-corrected chi connectivity index (χ2v) is 23.7. The number of methoxy groups -OCH3 is 2. The van der Waals surface area contributed by atoms with Crippen LogP contribution in [0.25, 0.3) is 0 Å². The van der Waals surface area contributed by atoms with Crippen LogP contribution in [0.4, 0.5) is 4.79 Å². The third-order valence-electron chi connectivity index (χ3n) is 16.4. The summed E-state index contributed by atoms with van der Waals surface area (Å²) >= 11 is 0. The van der Waals surface area contributed by atoms with E-state index >= 15 is 9.59 Å². The van der Waals surface area contributed by atoms with Gasteiger partial charge in [0.15, 0.2) is 30.3 Å². The van der Waals surface area contributed by atoms with Crippen LogP contribution in [0.3, 0.4) is 0 Å². The number of hydrogen-bond acceptors (Lipinski definition) is 21. The van der Waals surface area contributed by atoms with E-state index in [0.717, 1.165) is 5.56 Å². The van der Waals surface area contributed by atoms with Crippen molar-refractivity contribution in [3.63, 3.8) is 0 Å². The van der Waals surface area contributed by atoms with Crippen LogP contribution < -0.4 is 5.32 Å². The molecule has 22 heteroatoms. The van der Waals surface area contributed by atoms with Gasteiger partial charge in [-0.1, -0.05) is 53.6 Å². The molecule has 4 fully saturated rings. The zero-order valence-corrected chi connectivity index (χ0v) is 50.4. The van der Waals surface area contributed by atoms with Crippen LogP contribution in [0.5, 0.6) is 0 Å².